The van der Waals surface area contributed by atoms with Crippen LogP contribution in [-0.2, 0) is 0 Å². The van der Waals surface area contributed by atoms with E-state index in [1.807, 2.05) is 12.3 Å². The Morgan fingerprint density at radius 1 is 1.20 bits per heavy atom. The second-order valence-corrected chi connectivity index (χ2v) is 4.15. The van der Waals surface area contributed by atoms with E-state index in [1.165, 1.54) is 31.4 Å². The normalized spacial score (nSPS) is 12.7. The Labute approximate surface area is 92.9 Å². The van der Waals surface area contributed by atoms with Crippen LogP contribution in [-0.4, -0.2) is 11.5 Å². The summed E-state index contributed by atoms with van der Waals surface area (Å²) in [4.78, 5) is 4.37. The van der Waals surface area contributed by atoms with E-state index in [0.717, 1.165) is 13.0 Å². The zero-order valence-electron chi connectivity index (χ0n) is 9.65. The highest BCUT2D eigenvalue weighted by atomic mass is 14.7. The van der Waals surface area contributed by atoms with E-state index in [4.69, 9.17) is 5.73 Å². The van der Waals surface area contributed by atoms with Crippen molar-refractivity contribution in [3.63, 3.8) is 0 Å². The Hall–Kier alpha value is -0.890. The molecule has 1 aromatic heterocycles. The van der Waals surface area contributed by atoms with Crippen LogP contribution in [0.15, 0.2) is 24.4 Å². The zero-order chi connectivity index (χ0) is 10.9. The van der Waals surface area contributed by atoms with Crippen LogP contribution in [0.1, 0.15) is 50.6 Å². The van der Waals surface area contributed by atoms with Gasteiger partial charge in [0.25, 0.3) is 0 Å². The molecule has 0 spiro atoms. The van der Waals surface area contributed by atoms with Crippen molar-refractivity contribution in [2.45, 2.75) is 44.9 Å². The van der Waals surface area contributed by atoms with Gasteiger partial charge in [0.05, 0.1) is 0 Å². The van der Waals surface area contributed by atoms with Crippen molar-refractivity contribution in [1.29, 1.82) is 0 Å². The highest BCUT2D eigenvalue weighted by Gasteiger charge is 2.05. The maximum atomic E-state index is 5.45. The third kappa shape index (κ3) is 4.93. The molecule has 84 valence electrons. The minimum Gasteiger partial charge on any atom is -0.330 e. The Morgan fingerprint density at radius 3 is 2.67 bits per heavy atom. The van der Waals surface area contributed by atoms with E-state index in [1.54, 1.807) is 0 Å². The molecule has 0 aliphatic rings. The van der Waals surface area contributed by atoms with E-state index >= 15 is 0 Å². The van der Waals surface area contributed by atoms with Gasteiger partial charge in [0.2, 0.25) is 0 Å². The largest absolute Gasteiger partial charge is 0.330 e. The maximum absolute atomic E-state index is 5.45. The van der Waals surface area contributed by atoms with Gasteiger partial charge in [-0.1, -0.05) is 32.3 Å². The van der Waals surface area contributed by atoms with Crippen LogP contribution in [0.2, 0.25) is 0 Å². The summed E-state index contributed by atoms with van der Waals surface area (Å²) in [6.45, 7) is 3.08. The zero-order valence-corrected chi connectivity index (χ0v) is 9.65. The van der Waals surface area contributed by atoms with Crippen LogP contribution in [0, 0.1) is 0 Å². The Morgan fingerprint density at radius 2 is 2.00 bits per heavy atom. The van der Waals surface area contributed by atoms with Crippen molar-refractivity contribution in [3.8, 4) is 0 Å². The van der Waals surface area contributed by atoms with Gasteiger partial charge >= 0.3 is 0 Å². The van der Waals surface area contributed by atoms with Crippen molar-refractivity contribution in [1.82, 2.24) is 4.98 Å². The minimum atomic E-state index is 0.587. The third-order valence-corrected chi connectivity index (χ3v) is 2.78. The highest BCUT2D eigenvalue weighted by Crippen LogP contribution is 2.19. The van der Waals surface area contributed by atoms with Crippen molar-refractivity contribution < 1.29 is 0 Å². The molecule has 1 atom stereocenters. The molecule has 2 N–H and O–H groups in total. The number of hydrogen-bond donors (Lipinski definition) is 1. The Balaban J connectivity index is 2.16. The molecule has 2 nitrogen and oxygen atoms in total. The molecule has 0 saturated carbocycles. The van der Waals surface area contributed by atoms with Gasteiger partial charge in [-0.2, -0.15) is 0 Å². The van der Waals surface area contributed by atoms with Gasteiger partial charge in [0.1, 0.15) is 0 Å². The number of pyridine rings is 1. The van der Waals surface area contributed by atoms with Gasteiger partial charge < -0.3 is 5.73 Å². The van der Waals surface area contributed by atoms with Gasteiger partial charge in [-0.25, -0.2) is 0 Å². The molecule has 2 heteroatoms. The summed E-state index contributed by atoms with van der Waals surface area (Å²) in [7, 11) is 0. The molecule has 0 radical (unpaired) electrons. The molecular weight excluding hydrogens is 184 g/mol. The molecule has 1 aromatic rings. The first kappa shape index (κ1) is 12.2. The number of nitrogens with zero attached hydrogens (tertiary/aromatic N) is 1. The number of nitrogens with two attached hydrogens (primary N) is 1. The van der Waals surface area contributed by atoms with E-state index in [0.29, 0.717) is 5.92 Å². The lowest BCUT2D eigenvalue weighted by Crippen LogP contribution is -1.99. The first-order valence-electron chi connectivity index (χ1n) is 5.95. The minimum absolute atomic E-state index is 0.587. The van der Waals surface area contributed by atoms with Crippen LogP contribution in [0.3, 0.4) is 0 Å². The molecule has 0 bridgehead atoms. The number of hydrogen-bond acceptors (Lipinski definition) is 2. The van der Waals surface area contributed by atoms with Crippen LogP contribution < -0.4 is 5.73 Å². The van der Waals surface area contributed by atoms with Crippen LogP contribution in [0.4, 0.5) is 0 Å². The van der Waals surface area contributed by atoms with E-state index in [-0.39, 0.29) is 0 Å². The average molecular weight is 206 g/mol. The number of rotatable bonds is 7. The first-order chi connectivity index (χ1) is 7.34. The molecular formula is C13H22N2. The lowest BCUT2D eigenvalue weighted by atomic mass is 9.99. The fourth-order valence-corrected chi connectivity index (χ4v) is 1.76. The number of unbranched alkanes of at least 4 members (excludes halogenated alkanes) is 3. The summed E-state index contributed by atoms with van der Waals surface area (Å²) in [5.41, 5.74) is 6.67. The molecule has 0 aliphatic heterocycles. The highest BCUT2D eigenvalue weighted by molar-refractivity contribution is 5.07. The predicted octanol–water partition coefficient (Wildman–Crippen LogP) is 3.09. The van der Waals surface area contributed by atoms with Gasteiger partial charge in [0.15, 0.2) is 0 Å². The summed E-state index contributed by atoms with van der Waals surface area (Å²) in [6.07, 6.45) is 8.14. The lowest BCUT2D eigenvalue weighted by Gasteiger charge is -2.09. The van der Waals surface area contributed by atoms with Crippen molar-refractivity contribution in [3.05, 3.63) is 30.1 Å². The van der Waals surface area contributed by atoms with Crippen molar-refractivity contribution in [2.24, 2.45) is 5.73 Å². The summed E-state index contributed by atoms with van der Waals surface area (Å²) < 4.78 is 0. The predicted molar refractivity (Wildman–Crippen MR) is 64.8 cm³/mol. The second-order valence-electron chi connectivity index (χ2n) is 4.15. The maximum Gasteiger partial charge on any atom is 0.0431 e. The Kier molecular flexibility index (Phi) is 6.02. The third-order valence-electron chi connectivity index (χ3n) is 2.78. The standard InChI is InChI=1S/C13H22N2/c1-12(8-4-2-3-6-10-14)13-9-5-7-11-15-13/h5,7,9,11-12H,2-4,6,8,10,14H2,1H3. The summed E-state index contributed by atoms with van der Waals surface area (Å²) in [5, 5.41) is 0. The van der Waals surface area contributed by atoms with Gasteiger partial charge in [-0.05, 0) is 37.4 Å². The fraction of sp³-hybridized carbons (Fsp3) is 0.615. The molecule has 1 heterocycles. The molecule has 0 fully saturated rings. The van der Waals surface area contributed by atoms with E-state index < -0.39 is 0 Å². The molecule has 1 unspecified atom stereocenters. The molecule has 1 rings (SSSR count). The lowest BCUT2D eigenvalue weighted by molar-refractivity contribution is 0.566. The van der Waals surface area contributed by atoms with Crippen LogP contribution in [0.25, 0.3) is 0 Å². The number of aromatic nitrogens is 1. The molecule has 0 saturated heterocycles. The van der Waals surface area contributed by atoms with Gasteiger partial charge in [-0.3, -0.25) is 4.98 Å². The molecule has 15 heavy (non-hydrogen) atoms. The molecule has 0 aliphatic carbocycles. The van der Waals surface area contributed by atoms with E-state index in [9.17, 15) is 0 Å². The fourth-order valence-electron chi connectivity index (χ4n) is 1.76. The van der Waals surface area contributed by atoms with Crippen LogP contribution >= 0.6 is 0 Å². The van der Waals surface area contributed by atoms with Crippen molar-refractivity contribution >= 4 is 0 Å². The smallest absolute Gasteiger partial charge is 0.0431 e. The molecule has 0 amide bonds. The van der Waals surface area contributed by atoms with Gasteiger partial charge in [-0.15, -0.1) is 0 Å². The SMILES string of the molecule is CC(CCCCCCN)c1ccccn1. The van der Waals surface area contributed by atoms with E-state index in [2.05, 4.69) is 24.0 Å². The van der Waals surface area contributed by atoms with Crippen molar-refractivity contribution in [2.75, 3.05) is 6.54 Å². The van der Waals surface area contributed by atoms with Crippen LogP contribution in [0.5, 0.6) is 0 Å². The average Bonchev–Trinajstić information content (AvgIpc) is 2.30. The topological polar surface area (TPSA) is 38.9 Å². The molecule has 0 aromatic carbocycles. The summed E-state index contributed by atoms with van der Waals surface area (Å²) >= 11 is 0. The summed E-state index contributed by atoms with van der Waals surface area (Å²) in [5.74, 6) is 0.587. The monoisotopic (exact) mass is 206 g/mol. The quantitative estimate of drug-likeness (QED) is 0.696. The first-order valence-corrected chi connectivity index (χ1v) is 5.95. The van der Waals surface area contributed by atoms with Gasteiger partial charge in [0, 0.05) is 11.9 Å². The second kappa shape index (κ2) is 7.41. The Bertz CT molecular complexity index is 246. The summed E-state index contributed by atoms with van der Waals surface area (Å²) in [6, 6.07) is 6.15.